The Bertz CT molecular complexity index is 886. The Kier molecular flexibility index (Phi) is 8.83. The number of carbonyl (C=O) groups is 1. The summed E-state index contributed by atoms with van der Waals surface area (Å²) in [7, 11) is 1.99. The topological polar surface area (TPSA) is 93.4 Å². The number of guanidine groups is 1. The Labute approximate surface area is 183 Å². The summed E-state index contributed by atoms with van der Waals surface area (Å²) < 4.78 is 7.08. The van der Waals surface area contributed by atoms with E-state index in [0.29, 0.717) is 29.7 Å². The van der Waals surface area contributed by atoms with Crippen molar-refractivity contribution in [2.24, 2.45) is 12.0 Å². The Morgan fingerprint density at radius 3 is 2.60 bits per heavy atom. The minimum absolute atomic E-state index is 0.0973. The second kappa shape index (κ2) is 11.1. The Balaban J connectivity index is 2.20. The highest BCUT2D eigenvalue weighted by atomic mass is 32.1. The zero-order valence-electron chi connectivity index (χ0n) is 19.1. The zero-order valence-corrected chi connectivity index (χ0v) is 19.9. The number of hydrogen-bond acceptors (Lipinski definition) is 6. The van der Waals surface area contributed by atoms with Gasteiger partial charge in [-0.2, -0.15) is 5.10 Å². The maximum Gasteiger partial charge on any atom is 0.350 e. The molecule has 2 aromatic heterocycles. The summed E-state index contributed by atoms with van der Waals surface area (Å²) in [6.45, 7) is 13.6. The van der Waals surface area contributed by atoms with Crippen LogP contribution in [0.3, 0.4) is 0 Å². The van der Waals surface area contributed by atoms with Gasteiger partial charge < -0.3 is 15.4 Å². The van der Waals surface area contributed by atoms with Gasteiger partial charge in [0.15, 0.2) is 5.96 Å². The van der Waals surface area contributed by atoms with Crippen molar-refractivity contribution in [2.45, 2.75) is 67.0 Å². The minimum Gasteiger partial charge on any atom is -0.462 e. The molecule has 0 bridgehead atoms. The van der Waals surface area contributed by atoms with E-state index in [4.69, 9.17) is 9.73 Å². The molecule has 0 saturated heterocycles. The quantitative estimate of drug-likeness (QED) is 0.357. The molecule has 0 fully saturated rings. The molecule has 0 radical (unpaired) electrons. The number of carbonyl (C=O) groups excluding carboxylic acids is 1. The largest absolute Gasteiger partial charge is 0.462 e. The smallest absolute Gasteiger partial charge is 0.350 e. The van der Waals surface area contributed by atoms with Crippen LogP contribution in [0.15, 0.2) is 4.99 Å². The van der Waals surface area contributed by atoms with Crippen molar-refractivity contribution >= 4 is 23.3 Å². The molecule has 0 spiro atoms. The van der Waals surface area contributed by atoms with E-state index in [-0.39, 0.29) is 12.0 Å². The SMILES string of the molecule is CCNC(=NCc1c(CC)nn(C)c1CC)NC(C)c1nc(C)c(C(=O)OCC)s1. The first-order valence-corrected chi connectivity index (χ1v) is 11.4. The van der Waals surface area contributed by atoms with Crippen molar-refractivity contribution in [2.75, 3.05) is 13.2 Å². The van der Waals surface area contributed by atoms with E-state index in [0.717, 1.165) is 30.1 Å². The van der Waals surface area contributed by atoms with Crippen LogP contribution in [0.5, 0.6) is 0 Å². The predicted molar refractivity (Wildman–Crippen MR) is 121 cm³/mol. The molecule has 0 aliphatic heterocycles. The number of hydrogen-bond donors (Lipinski definition) is 2. The van der Waals surface area contributed by atoms with E-state index >= 15 is 0 Å². The lowest BCUT2D eigenvalue weighted by Gasteiger charge is -2.16. The van der Waals surface area contributed by atoms with Crippen molar-refractivity contribution in [1.82, 2.24) is 25.4 Å². The molecule has 1 unspecified atom stereocenters. The first-order chi connectivity index (χ1) is 14.4. The molecule has 2 heterocycles. The van der Waals surface area contributed by atoms with Crippen molar-refractivity contribution in [3.8, 4) is 0 Å². The molecule has 9 heteroatoms. The Hall–Kier alpha value is -2.42. The maximum atomic E-state index is 12.1. The molecule has 2 aromatic rings. The first kappa shape index (κ1) is 23.9. The van der Waals surface area contributed by atoms with Gasteiger partial charge in [-0.1, -0.05) is 13.8 Å². The number of nitrogens with one attached hydrogen (secondary N) is 2. The van der Waals surface area contributed by atoms with Crippen LogP contribution >= 0.6 is 11.3 Å². The van der Waals surface area contributed by atoms with Gasteiger partial charge in [0.2, 0.25) is 0 Å². The third-order valence-corrected chi connectivity index (χ3v) is 6.09. The number of aromatic nitrogens is 3. The fraction of sp³-hybridized carbons (Fsp3) is 0.619. The molecule has 2 rings (SSSR count). The molecule has 8 nitrogen and oxygen atoms in total. The summed E-state index contributed by atoms with van der Waals surface area (Å²) in [4.78, 5) is 22.0. The summed E-state index contributed by atoms with van der Waals surface area (Å²) in [5.74, 6) is 0.394. The van der Waals surface area contributed by atoms with E-state index in [2.05, 4.69) is 34.6 Å². The highest BCUT2D eigenvalue weighted by Gasteiger charge is 2.20. The second-order valence-corrected chi connectivity index (χ2v) is 7.98. The van der Waals surface area contributed by atoms with Crippen LogP contribution in [0.2, 0.25) is 0 Å². The van der Waals surface area contributed by atoms with Gasteiger partial charge >= 0.3 is 5.97 Å². The summed E-state index contributed by atoms with van der Waals surface area (Å²) in [6, 6.07) is -0.0973. The van der Waals surface area contributed by atoms with Crippen LogP contribution in [0.1, 0.15) is 78.0 Å². The van der Waals surface area contributed by atoms with Gasteiger partial charge in [-0.05, 0) is 40.5 Å². The molecule has 0 aromatic carbocycles. The summed E-state index contributed by atoms with van der Waals surface area (Å²) >= 11 is 1.36. The molecule has 0 aliphatic rings. The Morgan fingerprint density at radius 1 is 1.27 bits per heavy atom. The third kappa shape index (κ3) is 5.59. The van der Waals surface area contributed by atoms with Gasteiger partial charge in [0.05, 0.1) is 30.6 Å². The van der Waals surface area contributed by atoms with Crippen LogP contribution in [-0.2, 0) is 31.2 Å². The number of thiazole rings is 1. The van der Waals surface area contributed by atoms with Gasteiger partial charge in [0, 0.05) is 24.8 Å². The van der Waals surface area contributed by atoms with E-state index in [1.165, 1.54) is 22.6 Å². The van der Waals surface area contributed by atoms with Gasteiger partial charge in [-0.25, -0.2) is 14.8 Å². The average molecular weight is 435 g/mol. The van der Waals surface area contributed by atoms with Crippen LogP contribution in [0.25, 0.3) is 0 Å². The fourth-order valence-corrected chi connectivity index (χ4v) is 4.27. The lowest BCUT2D eigenvalue weighted by Crippen LogP contribution is -2.38. The van der Waals surface area contributed by atoms with Gasteiger partial charge in [-0.15, -0.1) is 11.3 Å². The zero-order chi connectivity index (χ0) is 22.3. The number of aliphatic imine (C=N–C) groups is 1. The lowest BCUT2D eigenvalue weighted by molar-refractivity contribution is 0.0531. The molecular weight excluding hydrogens is 400 g/mol. The average Bonchev–Trinajstić information content (AvgIpc) is 3.25. The lowest BCUT2D eigenvalue weighted by atomic mass is 10.1. The monoisotopic (exact) mass is 434 g/mol. The molecule has 1 atom stereocenters. The summed E-state index contributed by atoms with van der Waals surface area (Å²) in [5.41, 5.74) is 4.20. The second-order valence-electron chi connectivity index (χ2n) is 6.95. The number of nitrogens with zero attached hydrogens (tertiary/aromatic N) is 4. The number of rotatable bonds is 9. The highest BCUT2D eigenvalue weighted by Crippen LogP contribution is 2.24. The maximum absolute atomic E-state index is 12.1. The fourth-order valence-electron chi connectivity index (χ4n) is 3.31. The summed E-state index contributed by atoms with van der Waals surface area (Å²) in [5, 5.41) is 12.2. The Morgan fingerprint density at radius 2 is 2.00 bits per heavy atom. The van der Waals surface area contributed by atoms with Crippen molar-refractivity contribution in [1.29, 1.82) is 0 Å². The highest BCUT2D eigenvalue weighted by molar-refractivity contribution is 7.13. The number of esters is 1. The van der Waals surface area contributed by atoms with Crippen LogP contribution in [-0.4, -0.2) is 39.8 Å². The van der Waals surface area contributed by atoms with Crippen LogP contribution in [0, 0.1) is 6.92 Å². The van der Waals surface area contributed by atoms with E-state index in [1.54, 1.807) is 6.92 Å². The third-order valence-electron chi connectivity index (χ3n) is 4.76. The van der Waals surface area contributed by atoms with Gasteiger partial charge in [-0.3, -0.25) is 4.68 Å². The predicted octanol–water partition coefficient (Wildman–Crippen LogP) is 3.30. The van der Waals surface area contributed by atoms with Crippen molar-refractivity contribution in [3.05, 3.63) is 32.5 Å². The molecule has 0 saturated carbocycles. The first-order valence-electron chi connectivity index (χ1n) is 10.6. The van der Waals surface area contributed by atoms with Gasteiger partial charge in [0.1, 0.15) is 9.88 Å². The molecular formula is C21H34N6O2S. The van der Waals surface area contributed by atoms with Gasteiger partial charge in [0.25, 0.3) is 0 Å². The van der Waals surface area contributed by atoms with E-state index < -0.39 is 0 Å². The normalized spacial score (nSPS) is 12.7. The standard InChI is InChI=1S/C21H34N6O2S/c1-8-16-15(17(9-2)27(7)26-16)12-23-21(22-10-3)25-14(6)19-24-13(5)18(30-19)20(28)29-11-4/h14H,8-12H2,1-7H3,(H2,22,23,25). The molecule has 30 heavy (non-hydrogen) atoms. The molecule has 2 N–H and O–H groups in total. The number of aryl methyl sites for hydroxylation is 3. The minimum atomic E-state index is -0.317. The van der Waals surface area contributed by atoms with E-state index in [9.17, 15) is 4.79 Å². The van der Waals surface area contributed by atoms with Crippen molar-refractivity contribution < 1.29 is 9.53 Å². The van der Waals surface area contributed by atoms with Crippen LogP contribution in [0.4, 0.5) is 0 Å². The van der Waals surface area contributed by atoms with E-state index in [1.807, 2.05) is 32.5 Å². The van der Waals surface area contributed by atoms with Crippen molar-refractivity contribution in [3.63, 3.8) is 0 Å². The number of ether oxygens (including phenoxy) is 1. The van der Waals surface area contributed by atoms with Crippen LogP contribution < -0.4 is 10.6 Å². The molecule has 166 valence electrons. The molecule has 0 amide bonds. The summed E-state index contributed by atoms with van der Waals surface area (Å²) in [6.07, 6.45) is 1.80. The molecule has 0 aliphatic carbocycles.